The molecule has 100 valence electrons. The Morgan fingerprint density at radius 3 is 2.79 bits per heavy atom. The van der Waals surface area contributed by atoms with Gasteiger partial charge in [0.1, 0.15) is 0 Å². The molecule has 1 aromatic carbocycles. The normalized spacial score (nSPS) is 19.3. The number of amides is 2. The van der Waals surface area contributed by atoms with Crippen molar-refractivity contribution in [3.8, 4) is 0 Å². The molecule has 3 nitrogen and oxygen atoms in total. The third-order valence-corrected chi connectivity index (χ3v) is 4.12. The highest BCUT2D eigenvalue weighted by molar-refractivity contribution is 8.18. The van der Waals surface area contributed by atoms with Crippen molar-refractivity contribution >= 4 is 40.6 Å². The summed E-state index contributed by atoms with van der Waals surface area (Å²) in [6.45, 7) is 3.83. The number of nitrogens with zero attached hydrogens (tertiary/aromatic N) is 1. The summed E-state index contributed by atoms with van der Waals surface area (Å²) in [5, 5.41) is 0.405. The summed E-state index contributed by atoms with van der Waals surface area (Å²) in [4.78, 5) is 25.8. The van der Waals surface area contributed by atoms with Gasteiger partial charge in [0.2, 0.25) is 0 Å². The molecule has 0 radical (unpaired) electrons. The summed E-state index contributed by atoms with van der Waals surface area (Å²) in [7, 11) is 0. The maximum Gasteiger partial charge on any atom is 0.293 e. The number of halogens is 1. The molecule has 1 heterocycles. The van der Waals surface area contributed by atoms with Crippen LogP contribution in [0.2, 0.25) is 5.02 Å². The summed E-state index contributed by atoms with van der Waals surface area (Å²) < 4.78 is 0. The third-order valence-electron chi connectivity index (χ3n) is 3.00. The SMILES string of the molecule is CC[C@H](C)N1C(=O)S/C(=C/c2cccc(Cl)c2)C1=O. The van der Waals surface area contributed by atoms with Gasteiger partial charge in [-0.2, -0.15) is 0 Å². The van der Waals surface area contributed by atoms with Crippen LogP contribution in [0.1, 0.15) is 25.8 Å². The minimum atomic E-state index is -0.218. The maximum atomic E-state index is 12.2. The van der Waals surface area contributed by atoms with Gasteiger partial charge >= 0.3 is 0 Å². The summed E-state index contributed by atoms with van der Waals surface area (Å²) in [6.07, 6.45) is 2.46. The van der Waals surface area contributed by atoms with E-state index in [4.69, 9.17) is 11.6 Å². The van der Waals surface area contributed by atoms with Crippen LogP contribution in [0.15, 0.2) is 29.2 Å². The van der Waals surface area contributed by atoms with E-state index in [2.05, 4.69) is 0 Å². The molecule has 0 unspecified atom stereocenters. The molecule has 0 aromatic heterocycles. The van der Waals surface area contributed by atoms with Gasteiger partial charge in [0.15, 0.2) is 0 Å². The Hall–Kier alpha value is -1.26. The Labute approximate surface area is 121 Å². The van der Waals surface area contributed by atoms with E-state index in [1.165, 1.54) is 4.90 Å². The molecule has 2 rings (SSSR count). The second-order valence-electron chi connectivity index (χ2n) is 4.36. The van der Waals surface area contributed by atoms with Crippen LogP contribution in [-0.4, -0.2) is 22.1 Å². The van der Waals surface area contributed by atoms with Gasteiger partial charge in [-0.3, -0.25) is 14.5 Å². The number of hydrogen-bond acceptors (Lipinski definition) is 3. The highest BCUT2D eigenvalue weighted by Crippen LogP contribution is 2.34. The van der Waals surface area contributed by atoms with Crippen molar-refractivity contribution in [2.75, 3.05) is 0 Å². The average molecular weight is 296 g/mol. The fourth-order valence-corrected chi connectivity index (χ4v) is 2.92. The van der Waals surface area contributed by atoms with Crippen molar-refractivity contribution in [3.63, 3.8) is 0 Å². The molecular weight excluding hydrogens is 282 g/mol. The van der Waals surface area contributed by atoms with Crippen LogP contribution >= 0.6 is 23.4 Å². The Morgan fingerprint density at radius 1 is 1.42 bits per heavy atom. The minimum absolute atomic E-state index is 0.0715. The van der Waals surface area contributed by atoms with Crippen LogP contribution in [-0.2, 0) is 4.79 Å². The Balaban J connectivity index is 2.28. The molecule has 19 heavy (non-hydrogen) atoms. The highest BCUT2D eigenvalue weighted by Gasteiger charge is 2.37. The lowest BCUT2D eigenvalue weighted by Gasteiger charge is -2.19. The predicted molar refractivity (Wildman–Crippen MR) is 79.0 cm³/mol. The van der Waals surface area contributed by atoms with Crippen molar-refractivity contribution in [1.29, 1.82) is 0 Å². The van der Waals surface area contributed by atoms with Crippen molar-refractivity contribution in [2.45, 2.75) is 26.3 Å². The lowest BCUT2D eigenvalue weighted by atomic mass is 10.2. The monoisotopic (exact) mass is 295 g/mol. The van der Waals surface area contributed by atoms with Crippen LogP contribution < -0.4 is 0 Å². The number of thioether (sulfide) groups is 1. The minimum Gasteiger partial charge on any atom is -0.268 e. The van der Waals surface area contributed by atoms with Gasteiger partial charge < -0.3 is 0 Å². The topological polar surface area (TPSA) is 37.4 Å². The van der Waals surface area contributed by atoms with E-state index in [-0.39, 0.29) is 17.2 Å². The fourth-order valence-electron chi connectivity index (χ4n) is 1.79. The van der Waals surface area contributed by atoms with Crippen LogP contribution in [0.25, 0.3) is 6.08 Å². The van der Waals surface area contributed by atoms with E-state index in [9.17, 15) is 9.59 Å². The zero-order valence-electron chi connectivity index (χ0n) is 10.7. The van der Waals surface area contributed by atoms with Crippen molar-refractivity contribution in [2.24, 2.45) is 0 Å². The van der Waals surface area contributed by atoms with E-state index < -0.39 is 0 Å². The summed E-state index contributed by atoms with van der Waals surface area (Å²) in [5.41, 5.74) is 0.821. The second-order valence-corrected chi connectivity index (χ2v) is 5.79. The largest absolute Gasteiger partial charge is 0.293 e. The Kier molecular flexibility index (Phi) is 4.32. The number of carbonyl (C=O) groups is 2. The maximum absolute atomic E-state index is 12.2. The van der Waals surface area contributed by atoms with E-state index in [1.807, 2.05) is 26.0 Å². The van der Waals surface area contributed by atoms with Crippen LogP contribution in [0.3, 0.4) is 0 Å². The van der Waals surface area contributed by atoms with Crippen LogP contribution in [0.4, 0.5) is 4.79 Å². The molecule has 1 aromatic rings. The smallest absolute Gasteiger partial charge is 0.268 e. The first-order chi connectivity index (χ1) is 9.02. The van der Waals surface area contributed by atoms with Crippen LogP contribution in [0.5, 0.6) is 0 Å². The average Bonchev–Trinajstić information content (AvgIpc) is 2.64. The van der Waals surface area contributed by atoms with E-state index in [0.717, 1.165) is 23.7 Å². The molecular formula is C14H14ClNO2S. The molecule has 1 atom stereocenters. The number of benzene rings is 1. The van der Waals surface area contributed by atoms with Gasteiger partial charge in [-0.15, -0.1) is 0 Å². The second kappa shape index (κ2) is 5.80. The van der Waals surface area contributed by atoms with Gasteiger partial charge in [-0.05, 0) is 48.9 Å². The Bertz CT molecular complexity index is 556. The molecule has 0 spiro atoms. The van der Waals surface area contributed by atoms with Crippen LogP contribution in [0, 0.1) is 0 Å². The molecule has 1 saturated heterocycles. The van der Waals surface area contributed by atoms with E-state index >= 15 is 0 Å². The van der Waals surface area contributed by atoms with Gasteiger partial charge in [0.05, 0.1) is 4.91 Å². The highest BCUT2D eigenvalue weighted by atomic mass is 35.5. The molecule has 5 heteroatoms. The first-order valence-corrected chi connectivity index (χ1v) is 7.25. The number of carbonyl (C=O) groups excluding carboxylic acids is 2. The van der Waals surface area contributed by atoms with Crippen molar-refractivity contribution in [1.82, 2.24) is 4.90 Å². The zero-order valence-corrected chi connectivity index (χ0v) is 12.3. The molecule has 1 aliphatic rings. The standard InChI is InChI=1S/C14H14ClNO2S/c1-3-9(2)16-13(17)12(19-14(16)18)8-10-5-4-6-11(15)7-10/h4-9H,3H2,1-2H3/b12-8+/t9-/m0/s1. The van der Waals surface area contributed by atoms with E-state index in [1.54, 1.807) is 18.2 Å². The molecule has 0 N–H and O–H groups in total. The van der Waals surface area contributed by atoms with Crippen molar-refractivity contribution in [3.05, 3.63) is 39.8 Å². The van der Waals surface area contributed by atoms with Crippen molar-refractivity contribution < 1.29 is 9.59 Å². The van der Waals surface area contributed by atoms with Gasteiger partial charge in [-0.1, -0.05) is 30.7 Å². The fraction of sp³-hybridized carbons (Fsp3) is 0.286. The lowest BCUT2D eigenvalue weighted by Crippen LogP contribution is -2.36. The molecule has 1 fully saturated rings. The predicted octanol–water partition coefficient (Wildman–Crippen LogP) is 4.17. The number of rotatable bonds is 3. The molecule has 0 bridgehead atoms. The summed E-state index contributed by atoms with van der Waals surface area (Å²) in [6, 6.07) is 7.12. The molecule has 2 amide bonds. The molecule has 1 aliphatic heterocycles. The first-order valence-electron chi connectivity index (χ1n) is 6.05. The quantitative estimate of drug-likeness (QED) is 0.785. The number of hydrogen-bond donors (Lipinski definition) is 0. The summed E-state index contributed by atoms with van der Waals surface area (Å²) in [5.74, 6) is -0.218. The lowest BCUT2D eigenvalue weighted by molar-refractivity contribution is -0.124. The number of imide groups is 1. The van der Waals surface area contributed by atoms with Gasteiger partial charge in [-0.25, -0.2) is 0 Å². The summed E-state index contributed by atoms with van der Waals surface area (Å²) >= 11 is 6.88. The van der Waals surface area contributed by atoms with Gasteiger partial charge in [0.25, 0.3) is 11.1 Å². The third kappa shape index (κ3) is 3.01. The first kappa shape index (κ1) is 14.2. The van der Waals surface area contributed by atoms with Gasteiger partial charge in [0, 0.05) is 11.1 Å². The Morgan fingerprint density at radius 2 is 2.16 bits per heavy atom. The molecule has 0 saturated carbocycles. The van der Waals surface area contributed by atoms with E-state index in [0.29, 0.717) is 9.93 Å². The molecule has 0 aliphatic carbocycles. The zero-order chi connectivity index (χ0) is 14.0.